The van der Waals surface area contributed by atoms with Crippen molar-refractivity contribution >= 4 is 27.7 Å². The predicted molar refractivity (Wildman–Crippen MR) is 69.3 cm³/mol. The standard InChI is InChI=1S/C12H15BrN2O3/c1-8-7-10(13)18-11(8)12(17)15-5-3-14(4-6-15)9(2)16/h7H,3-6H2,1-2H3. The number of piperazine rings is 1. The summed E-state index contributed by atoms with van der Waals surface area (Å²) >= 11 is 3.21. The molecule has 2 heterocycles. The van der Waals surface area contributed by atoms with E-state index in [9.17, 15) is 9.59 Å². The van der Waals surface area contributed by atoms with Crippen molar-refractivity contribution < 1.29 is 14.0 Å². The number of carbonyl (C=O) groups excluding carboxylic acids is 2. The minimum absolute atomic E-state index is 0.0547. The van der Waals surface area contributed by atoms with Crippen molar-refractivity contribution in [2.45, 2.75) is 13.8 Å². The fourth-order valence-electron chi connectivity index (χ4n) is 2.02. The van der Waals surface area contributed by atoms with Crippen molar-refractivity contribution in [2.75, 3.05) is 26.2 Å². The van der Waals surface area contributed by atoms with Gasteiger partial charge in [-0.15, -0.1) is 0 Å². The highest BCUT2D eigenvalue weighted by molar-refractivity contribution is 9.10. The summed E-state index contributed by atoms with van der Waals surface area (Å²) in [6.45, 7) is 5.66. The van der Waals surface area contributed by atoms with Crippen LogP contribution in [0.15, 0.2) is 15.2 Å². The van der Waals surface area contributed by atoms with E-state index in [4.69, 9.17) is 4.42 Å². The lowest BCUT2D eigenvalue weighted by Gasteiger charge is -2.33. The van der Waals surface area contributed by atoms with Crippen LogP contribution < -0.4 is 0 Å². The van der Waals surface area contributed by atoms with Gasteiger partial charge >= 0.3 is 0 Å². The number of amides is 2. The van der Waals surface area contributed by atoms with Gasteiger partial charge in [0, 0.05) is 38.7 Å². The summed E-state index contributed by atoms with van der Waals surface area (Å²) in [4.78, 5) is 26.9. The molecule has 0 atom stereocenters. The van der Waals surface area contributed by atoms with Crippen LogP contribution in [0.25, 0.3) is 0 Å². The van der Waals surface area contributed by atoms with Gasteiger partial charge in [-0.05, 0) is 28.9 Å². The van der Waals surface area contributed by atoms with E-state index in [-0.39, 0.29) is 11.8 Å². The molecule has 0 unspecified atom stereocenters. The van der Waals surface area contributed by atoms with Crippen LogP contribution in [0.1, 0.15) is 23.0 Å². The quantitative estimate of drug-likeness (QED) is 0.792. The Hall–Kier alpha value is -1.30. The molecule has 2 rings (SSSR count). The number of carbonyl (C=O) groups is 2. The van der Waals surface area contributed by atoms with Crippen molar-refractivity contribution in [1.82, 2.24) is 9.80 Å². The molecular formula is C12H15BrN2O3. The van der Waals surface area contributed by atoms with E-state index >= 15 is 0 Å². The smallest absolute Gasteiger partial charge is 0.290 e. The van der Waals surface area contributed by atoms with Crippen LogP contribution >= 0.6 is 15.9 Å². The summed E-state index contributed by atoms with van der Waals surface area (Å²) < 4.78 is 5.91. The average Bonchev–Trinajstić information content (AvgIpc) is 2.67. The molecule has 2 amide bonds. The predicted octanol–water partition coefficient (Wildman–Crippen LogP) is 1.65. The molecule has 1 aliphatic rings. The Labute approximate surface area is 114 Å². The Morgan fingerprint density at radius 3 is 2.22 bits per heavy atom. The van der Waals surface area contributed by atoms with E-state index < -0.39 is 0 Å². The first-order chi connectivity index (χ1) is 8.49. The van der Waals surface area contributed by atoms with Crippen molar-refractivity contribution in [3.8, 4) is 0 Å². The van der Waals surface area contributed by atoms with Gasteiger partial charge in [0.05, 0.1) is 0 Å². The van der Waals surface area contributed by atoms with Gasteiger partial charge in [-0.1, -0.05) is 0 Å². The van der Waals surface area contributed by atoms with E-state index in [1.54, 1.807) is 22.8 Å². The fraction of sp³-hybridized carbons (Fsp3) is 0.500. The maximum absolute atomic E-state index is 12.2. The highest BCUT2D eigenvalue weighted by atomic mass is 79.9. The zero-order valence-electron chi connectivity index (χ0n) is 10.4. The summed E-state index contributed by atoms with van der Waals surface area (Å²) in [5.74, 6) is 0.318. The van der Waals surface area contributed by atoms with E-state index in [2.05, 4.69) is 15.9 Å². The molecule has 0 aliphatic carbocycles. The molecular weight excluding hydrogens is 300 g/mol. The normalized spacial score (nSPS) is 15.9. The second-order valence-corrected chi connectivity index (χ2v) is 5.14. The Bertz CT molecular complexity index is 476. The van der Waals surface area contributed by atoms with Crippen LogP contribution in [0.4, 0.5) is 0 Å². The number of hydrogen-bond acceptors (Lipinski definition) is 3. The zero-order chi connectivity index (χ0) is 13.3. The van der Waals surface area contributed by atoms with Crippen LogP contribution in [-0.2, 0) is 4.79 Å². The Morgan fingerprint density at radius 2 is 1.78 bits per heavy atom. The van der Waals surface area contributed by atoms with Gasteiger partial charge in [0.2, 0.25) is 5.91 Å². The molecule has 0 bridgehead atoms. The van der Waals surface area contributed by atoms with Gasteiger partial charge in [-0.2, -0.15) is 0 Å². The first-order valence-corrected chi connectivity index (χ1v) is 6.59. The van der Waals surface area contributed by atoms with Crippen molar-refractivity contribution in [2.24, 2.45) is 0 Å². The lowest BCUT2D eigenvalue weighted by atomic mass is 10.2. The summed E-state index contributed by atoms with van der Waals surface area (Å²) in [5.41, 5.74) is 0.820. The highest BCUT2D eigenvalue weighted by Crippen LogP contribution is 2.21. The second kappa shape index (κ2) is 5.14. The number of nitrogens with zero attached hydrogens (tertiary/aromatic N) is 2. The van der Waals surface area contributed by atoms with Crippen LogP contribution in [-0.4, -0.2) is 47.8 Å². The van der Waals surface area contributed by atoms with Crippen molar-refractivity contribution in [3.63, 3.8) is 0 Å². The molecule has 18 heavy (non-hydrogen) atoms. The third kappa shape index (κ3) is 2.58. The summed E-state index contributed by atoms with van der Waals surface area (Å²) in [5, 5.41) is 0. The Kier molecular flexibility index (Phi) is 3.75. The van der Waals surface area contributed by atoms with E-state index in [0.717, 1.165) is 5.56 Å². The molecule has 5 nitrogen and oxygen atoms in total. The first-order valence-electron chi connectivity index (χ1n) is 5.79. The van der Waals surface area contributed by atoms with Crippen molar-refractivity contribution in [3.05, 3.63) is 22.1 Å². The van der Waals surface area contributed by atoms with E-state index in [1.165, 1.54) is 0 Å². The molecule has 1 saturated heterocycles. The van der Waals surface area contributed by atoms with Crippen LogP contribution in [0.3, 0.4) is 0 Å². The summed E-state index contributed by atoms with van der Waals surface area (Å²) in [6.07, 6.45) is 0. The molecule has 0 radical (unpaired) electrons. The van der Waals surface area contributed by atoms with E-state index in [1.807, 2.05) is 6.92 Å². The Morgan fingerprint density at radius 1 is 1.22 bits per heavy atom. The molecule has 98 valence electrons. The second-order valence-electron chi connectivity index (χ2n) is 4.36. The number of aryl methyl sites for hydroxylation is 1. The minimum Gasteiger partial charge on any atom is -0.444 e. The minimum atomic E-state index is -0.110. The fourth-order valence-corrected chi connectivity index (χ4v) is 2.53. The van der Waals surface area contributed by atoms with Gasteiger partial charge < -0.3 is 14.2 Å². The maximum atomic E-state index is 12.2. The van der Waals surface area contributed by atoms with Gasteiger partial charge in [-0.3, -0.25) is 9.59 Å². The lowest BCUT2D eigenvalue weighted by molar-refractivity contribution is -0.130. The molecule has 0 aromatic carbocycles. The molecule has 0 spiro atoms. The SMILES string of the molecule is CC(=O)N1CCN(C(=O)c2oc(Br)cc2C)CC1. The van der Waals surface area contributed by atoms with Crippen LogP contribution in [0, 0.1) is 6.92 Å². The molecule has 1 aromatic heterocycles. The number of rotatable bonds is 1. The van der Waals surface area contributed by atoms with Gasteiger partial charge in [0.25, 0.3) is 5.91 Å². The molecule has 1 aromatic rings. The van der Waals surface area contributed by atoms with Gasteiger partial charge in [0.15, 0.2) is 10.4 Å². The van der Waals surface area contributed by atoms with Crippen LogP contribution in [0.5, 0.6) is 0 Å². The third-order valence-corrected chi connectivity index (χ3v) is 3.48. The van der Waals surface area contributed by atoms with Gasteiger partial charge in [0.1, 0.15) is 0 Å². The topological polar surface area (TPSA) is 53.8 Å². The Balaban J connectivity index is 2.04. The molecule has 1 fully saturated rings. The first kappa shape index (κ1) is 13.1. The molecule has 6 heteroatoms. The summed E-state index contributed by atoms with van der Waals surface area (Å²) in [6, 6.07) is 1.78. The van der Waals surface area contributed by atoms with Crippen LogP contribution in [0.2, 0.25) is 0 Å². The molecule has 0 N–H and O–H groups in total. The maximum Gasteiger partial charge on any atom is 0.290 e. The van der Waals surface area contributed by atoms with Crippen molar-refractivity contribution in [1.29, 1.82) is 0 Å². The largest absolute Gasteiger partial charge is 0.444 e. The van der Waals surface area contributed by atoms with Gasteiger partial charge in [-0.25, -0.2) is 0 Å². The summed E-state index contributed by atoms with van der Waals surface area (Å²) in [7, 11) is 0. The lowest BCUT2D eigenvalue weighted by Crippen LogP contribution is -2.50. The number of hydrogen-bond donors (Lipinski definition) is 0. The average molecular weight is 315 g/mol. The number of furan rings is 1. The molecule has 0 saturated carbocycles. The number of halogens is 1. The monoisotopic (exact) mass is 314 g/mol. The third-order valence-electron chi connectivity index (χ3n) is 3.09. The molecule has 1 aliphatic heterocycles. The highest BCUT2D eigenvalue weighted by Gasteiger charge is 2.26. The zero-order valence-corrected chi connectivity index (χ0v) is 12.0. The van der Waals surface area contributed by atoms with E-state index in [0.29, 0.717) is 36.6 Å².